The van der Waals surface area contributed by atoms with E-state index in [0.29, 0.717) is 12.5 Å². The second kappa shape index (κ2) is 6.23. The summed E-state index contributed by atoms with van der Waals surface area (Å²) in [6.45, 7) is 4.82. The Morgan fingerprint density at radius 1 is 1.44 bits per heavy atom. The second-order valence-electron chi connectivity index (χ2n) is 4.20. The van der Waals surface area contributed by atoms with E-state index >= 15 is 0 Å². The van der Waals surface area contributed by atoms with Crippen LogP contribution in [0.5, 0.6) is 0 Å². The number of nitrogens with one attached hydrogen (secondary N) is 1. The maximum Gasteiger partial charge on any atom is 0.0635 e. The zero-order valence-corrected chi connectivity index (χ0v) is 11.3. The zero-order chi connectivity index (χ0) is 12.1. The van der Waals surface area contributed by atoms with Crippen LogP contribution in [0.25, 0.3) is 0 Å². The molecule has 1 unspecified atom stereocenters. The molecule has 0 aromatic heterocycles. The minimum absolute atomic E-state index is 0.0695. The first-order valence-corrected chi connectivity index (χ1v) is 6.23. The number of hydrogen-bond donors (Lipinski definition) is 3. The van der Waals surface area contributed by atoms with E-state index in [-0.39, 0.29) is 12.6 Å². The summed E-state index contributed by atoms with van der Waals surface area (Å²) in [4.78, 5) is 0. The summed E-state index contributed by atoms with van der Waals surface area (Å²) in [5.74, 6) is 0.381. The van der Waals surface area contributed by atoms with Crippen molar-refractivity contribution < 1.29 is 5.11 Å². The molecule has 0 amide bonds. The molecule has 90 valence electrons. The average Bonchev–Trinajstić information content (AvgIpc) is 2.26. The van der Waals surface area contributed by atoms with Gasteiger partial charge in [-0.15, -0.1) is 0 Å². The molecule has 0 radical (unpaired) electrons. The van der Waals surface area contributed by atoms with E-state index in [0.717, 1.165) is 15.7 Å². The molecule has 0 fully saturated rings. The molecule has 1 aromatic rings. The number of hydrogen-bond acceptors (Lipinski definition) is 3. The molecule has 4 heteroatoms. The van der Waals surface area contributed by atoms with Crippen molar-refractivity contribution in [3.63, 3.8) is 0 Å². The van der Waals surface area contributed by atoms with Crippen LogP contribution in [0, 0.1) is 5.92 Å². The first-order chi connectivity index (χ1) is 7.58. The minimum Gasteiger partial charge on any atom is -0.394 e. The van der Waals surface area contributed by atoms with Gasteiger partial charge < -0.3 is 16.2 Å². The predicted octanol–water partition coefficient (Wildman–Crippen LogP) is 2.34. The Kier molecular flexibility index (Phi) is 5.25. The fourth-order valence-corrected chi connectivity index (χ4v) is 1.97. The first kappa shape index (κ1) is 13.5. The molecule has 4 N–H and O–H groups in total. The third-order valence-electron chi connectivity index (χ3n) is 2.61. The van der Waals surface area contributed by atoms with E-state index in [9.17, 15) is 5.11 Å². The van der Waals surface area contributed by atoms with Gasteiger partial charge in [-0.25, -0.2) is 0 Å². The molecule has 0 bridgehead atoms. The molecule has 0 spiro atoms. The maximum atomic E-state index is 9.25. The number of rotatable bonds is 5. The molecule has 3 nitrogen and oxygen atoms in total. The summed E-state index contributed by atoms with van der Waals surface area (Å²) < 4.78 is 0.981. The van der Waals surface area contributed by atoms with Gasteiger partial charge in [0.2, 0.25) is 0 Å². The Morgan fingerprint density at radius 3 is 2.56 bits per heavy atom. The van der Waals surface area contributed by atoms with Gasteiger partial charge in [-0.1, -0.05) is 19.9 Å². The highest BCUT2D eigenvalue weighted by atomic mass is 79.9. The van der Waals surface area contributed by atoms with Gasteiger partial charge in [0, 0.05) is 16.7 Å². The van der Waals surface area contributed by atoms with E-state index in [1.165, 1.54) is 0 Å². The van der Waals surface area contributed by atoms with Crippen molar-refractivity contribution in [2.75, 3.05) is 11.9 Å². The van der Waals surface area contributed by atoms with Gasteiger partial charge in [-0.05, 0) is 39.5 Å². The van der Waals surface area contributed by atoms with Crippen molar-refractivity contribution in [3.05, 3.63) is 28.2 Å². The number of aliphatic hydroxyl groups excluding tert-OH is 1. The molecule has 0 aliphatic carbocycles. The quantitative estimate of drug-likeness (QED) is 0.779. The van der Waals surface area contributed by atoms with Crippen LogP contribution in [0.3, 0.4) is 0 Å². The van der Waals surface area contributed by atoms with E-state index < -0.39 is 0 Å². The summed E-state index contributed by atoms with van der Waals surface area (Å²) in [5.41, 5.74) is 7.64. The lowest BCUT2D eigenvalue weighted by atomic mass is 10.0. The van der Waals surface area contributed by atoms with Crippen LogP contribution in [0.1, 0.15) is 19.4 Å². The van der Waals surface area contributed by atoms with Crippen molar-refractivity contribution in [3.8, 4) is 0 Å². The number of anilines is 1. The van der Waals surface area contributed by atoms with Crippen LogP contribution >= 0.6 is 15.9 Å². The molecule has 0 saturated heterocycles. The predicted molar refractivity (Wildman–Crippen MR) is 71.4 cm³/mol. The highest BCUT2D eigenvalue weighted by Crippen LogP contribution is 2.25. The normalized spacial score (nSPS) is 12.9. The van der Waals surface area contributed by atoms with Crippen molar-refractivity contribution in [1.29, 1.82) is 0 Å². The number of aliphatic hydroxyl groups is 1. The average molecular weight is 287 g/mol. The SMILES string of the molecule is CC(C)C(CO)Nc1ccc(CN)cc1Br. The lowest BCUT2D eigenvalue weighted by Gasteiger charge is -2.22. The molecule has 16 heavy (non-hydrogen) atoms. The molecular formula is C12H19BrN2O. The largest absolute Gasteiger partial charge is 0.394 e. The van der Waals surface area contributed by atoms with Crippen molar-refractivity contribution in [2.45, 2.75) is 26.4 Å². The Hall–Kier alpha value is -0.580. The first-order valence-electron chi connectivity index (χ1n) is 5.44. The minimum atomic E-state index is 0.0695. The number of benzene rings is 1. The van der Waals surface area contributed by atoms with Gasteiger partial charge in [0.25, 0.3) is 0 Å². The van der Waals surface area contributed by atoms with Gasteiger partial charge in [-0.2, -0.15) is 0 Å². The summed E-state index contributed by atoms with van der Waals surface area (Å²) in [7, 11) is 0. The second-order valence-corrected chi connectivity index (χ2v) is 5.05. The summed E-state index contributed by atoms with van der Waals surface area (Å²) in [6.07, 6.45) is 0. The van der Waals surface area contributed by atoms with Crippen molar-refractivity contribution in [1.82, 2.24) is 0 Å². The molecule has 0 aliphatic heterocycles. The fraction of sp³-hybridized carbons (Fsp3) is 0.500. The lowest BCUT2D eigenvalue weighted by molar-refractivity contribution is 0.249. The Morgan fingerprint density at radius 2 is 2.12 bits per heavy atom. The third-order valence-corrected chi connectivity index (χ3v) is 3.27. The molecule has 0 heterocycles. The Labute approximate surface area is 105 Å². The van der Waals surface area contributed by atoms with Gasteiger partial charge in [0.1, 0.15) is 0 Å². The molecule has 0 saturated carbocycles. The highest BCUT2D eigenvalue weighted by Gasteiger charge is 2.13. The monoisotopic (exact) mass is 286 g/mol. The van der Waals surface area contributed by atoms with Crippen molar-refractivity contribution in [2.24, 2.45) is 11.7 Å². The molecule has 1 atom stereocenters. The number of halogens is 1. The van der Waals surface area contributed by atoms with E-state index in [1.807, 2.05) is 18.2 Å². The van der Waals surface area contributed by atoms with Crippen LogP contribution in [0.15, 0.2) is 22.7 Å². The smallest absolute Gasteiger partial charge is 0.0635 e. The van der Waals surface area contributed by atoms with E-state index in [2.05, 4.69) is 35.1 Å². The standard InChI is InChI=1S/C12H19BrN2O/c1-8(2)12(7-16)15-11-4-3-9(6-14)5-10(11)13/h3-5,8,12,15-16H,6-7,14H2,1-2H3. The third kappa shape index (κ3) is 3.47. The lowest BCUT2D eigenvalue weighted by Crippen LogP contribution is -2.29. The zero-order valence-electron chi connectivity index (χ0n) is 9.70. The van der Waals surface area contributed by atoms with Gasteiger partial charge in [0.15, 0.2) is 0 Å². The number of nitrogens with two attached hydrogens (primary N) is 1. The van der Waals surface area contributed by atoms with E-state index in [4.69, 9.17) is 5.73 Å². The van der Waals surface area contributed by atoms with Gasteiger partial charge >= 0.3 is 0 Å². The maximum absolute atomic E-state index is 9.25. The Balaban J connectivity index is 2.80. The van der Waals surface area contributed by atoms with E-state index in [1.54, 1.807) is 0 Å². The van der Waals surface area contributed by atoms with Crippen LogP contribution in [-0.2, 0) is 6.54 Å². The van der Waals surface area contributed by atoms with Gasteiger partial charge in [-0.3, -0.25) is 0 Å². The fourth-order valence-electron chi connectivity index (χ4n) is 1.43. The summed E-state index contributed by atoms with van der Waals surface area (Å²) >= 11 is 3.50. The topological polar surface area (TPSA) is 58.3 Å². The van der Waals surface area contributed by atoms with Crippen molar-refractivity contribution >= 4 is 21.6 Å². The van der Waals surface area contributed by atoms with Crippen LogP contribution < -0.4 is 11.1 Å². The molecule has 0 aliphatic rings. The summed E-state index contributed by atoms with van der Waals surface area (Å²) in [6, 6.07) is 6.04. The molecule has 1 aromatic carbocycles. The van der Waals surface area contributed by atoms with Gasteiger partial charge in [0.05, 0.1) is 12.6 Å². The van der Waals surface area contributed by atoms with Crippen LogP contribution in [0.4, 0.5) is 5.69 Å². The Bertz CT molecular complexity index is 342. The molecule has 1 rings (SSSR count). The van der Waals surface area contributed by atoms with Crippen LogP contribution in [-0.4, -0.2) is 17.8 Å². The summed E-state index contributed by atoms with van der Waals surface area (Å²) in [5, 5.41) is 12.6. The van der Waals surface area contributed by atoms with Crippen LogP contribution in [0.2, 0.25) is 0 Å². The highest BCUT2D eigenvalue weighted by molar-refractivity contribution is 9.10. The molecular weight excluding hydrogens is 268 g/mol.